The molecule has 0 aliphatic rings. The first kappa shape index (κ1) is 11.1. The number of pyridine rings is 1. The third-order valence-electron chi connectivity index (χ3n) is 1.68. The molecule has 0 radical (unpaired) electrons. The van der Waals surface area contributed by atoms with Gasteiger partial charge in [0.15, 0.2) is 0 Å². The van der Waals surface area contributed by atoms with Crippen LogP contribution < -0.4 is 0 Å². The molecule has 0 saturated heterocycles. The molecule has 0 aromatic carbocycles. The van der Waals surface area contributed by atoms with Crippen molar-refractivity contribution in [3.05, 3.63) is 29.3 Å². The van der Waals surface area contributed by atoms with Gasteiger partial charge in [-0.2, -0.15) is 9.65 Å². The first-order chi connectivity index (χ1) is 7.17. The van der Waals surface area contributed by atoms with Gasteiger partial charge < -0.3 is 4.74 Å². The van der Waals surface area contributed by atoms with Crippen LogP contribution in [0.3, 0.4) is 0 Å². The summed E-state index contributed by atoms with van der Waals surface area (Å²) >= 11 is 0. The van der Waals surface area contributed by atoms with Crippen LogP contribution in [0, 0.1) is 17.3 Å². The molecule has 0 atom stereocenters. The van der Waals surface area contributed by atoms with E-state index in [4.69, 9.17) is 5.26 Å². The summed E-state index contributed by atoms with van der Waals surface area (Å²) in [6.07, 6.45) is -0.168. The summed E-state index contributed by atoms with van der Waals surface area (Å²) in [6.45, 7) is 1.93. The van der Waals surface area contributed by atoms with Crippen molar-refractivity contribution in [3.63, 3.8) is 0 Å². The van der Waals surface area contributed by atoms with Gasteiger partial charge in [-0.1, -0.05) is 6.07 Å². The first-order valence-corrected chi connectivity index (χ1v) is 4.38. The Bertz CT molecular complexity index is 412. The molecular weight excluding hydrogens is 199 g/mol. The minimum Gasteiger partial charge on any atom is -0.466 e. The zero-order valence-corrected chi connectivity index (χ0v) is 8.16. The molecule has 0 saturated carbocycles. The number of rotatable bonds is 3. The molecule has 5 heteroatoms. The Balaban J connectivity index is 2.79. The summed E-state index contributed by atoms with van der Waals surface area (Å²) in [4.78, 5) is 14.4. The number of nitriles is 1. The number of nitrogens with zero attached hydrogens (tertiary/aromatic N) is 2. The van der Waals surface area contributed by atoms with Crippen LogP contribution in [-0.2, 0) is 16.0 Å². The highest BCUT2D eigenvalue weighted by molar-refractivity contribution is 5.72. The normalized spacial score (nSPS) is 9.40. The van der Waals surface area contributed by atoms with E-state index >= 15 is 0 Å². The van der Waals surface area contributed by atoms with Gasteiger partial charge in [-0.25, -0.2) is 4.98 Å². The van der Waals surface area contributed by atoms with E-state index in [0.29, 0.717) is 0 Å². The van der Waals surface area contributed by atoms with Crippen molar-refractivity contribution in [3.8, 4) is 6.07 Å². The Morgan fingerprint density at radius 3 is 2.93 bits per heavy atom. The van der Waals surface area contributed by atoms with Gasteiger partial charge in [0.2, 0.25) is 5.95 Å². The smallest absolute Gasteiger partial charge is 0.310 e. The monoisotopic (exact) mass is 208 g/mol. The van der Waals surface area contributed by atoms with E-state index in [-0.39, 0.29) is 24.3 Å². The largest absolute Gasteiger partial charge is 0.466 e. The maximum absolute atomic E-state index is 13.2. The highest BCUT2D eigenvalue weighted by Gasteiger charge is 2.10. The van der Waals surface area contributed by atoms with E-state index in [2.05, 4.69) is 9.72 Å². The molecule has 0 amide bonds. The number of ether oxygens (including phenoxy) is 1. The molecular formula is C10H9FN2O2. The van der Waals surface area contributed by atoms with Gasteiger partial charge in [0.25, 0.3) is 0 Å². The second-order valence-corrected chi connectivity index (χ2v) is 2.74. The zero-order valence-electron chi connectivity index (χ0n) is 8.16. The van der Waals surface area contributed by atoms with Gasteiger partial charge in [-0.05, 0) is 13.0 Å². The lowest BCUT2D eigenvalue weighted by atomic mass is 10.2. The zero-order chi connectivity index (χ0) is 11.3. The Labute approximate surface area is 86.3 Å². The molecule has 0 unspecified atom stereocenters. The lowest BCUT2D eigenvalue weighted by molar-refractivity contribution is -0.142. The number of hydrogen-bond acceptors (Lipinski definition) is 4. The Morgan fingerprint density at radius 1 is 1.67 bits per heavy atom. The molecule has 78 valence electrons. The molecule has 0 N–H and O–H groups in total. The fourth-order valence-electron chi connectivity index (χ4n) is 1.02. The lowest BCUT2D eigenvalue weighted by Crippen LogP contribution is -2.09. The van der Waals surface area contributed by atoms with Crippen molar-refractivity contribution >= 4 is 5.97 Å². The van der Waals surface area contributed by atoms with E-state index in [0.717, 1.165) is 0 Å². The molecule has 1 aromatic heterocycles. The van der Waals surface area contributed by atoms with Crippen LogP contribution in [0.25, 0.3) is 0 Å². The van der Waals surface area contributed by atoms with Crippen LogP contribution in [0.2, 0.25) is 0 Å². The number of esters is 1. The average Bonchev–Trinajstić information content (AvgIpc) is 2.21. The number of hydrogen-bond donors (Lipinski definition) is 0. The van der Waals surface area contributed by atoms with Gasteiger partial charge in [0.1, 0.15) is 11.8 Å². The number of aromatic nitrogens is 1. The van der Waals surface area contributed by atoms with Gasteiger partial charge in [-0.3, -0.25) is 4.79 Å². The van der Waals surface area contributed by atoms with Crippen molar-refractivity contribution in [1.82, 2.24) is 4.98 Å². The van der Waals surface area contributed by atoms with Crippen LogP contribution in [0.15, 0.2) is 12.1 Å². The Morgan fingerprint density at radius 2 is 2.40 bits per heavy atom. The second kappa shape index (κ2) is 5.05. The molecule has 15 heavy (non-hydrogen) atoms. The SMILES string of the molecule is CCOC(=O)Cc1ccc(C#N)nc1F. The van der Waals surface area contributed by atoms with Crippen LogP contribution >= 0.6 is 0 Å². The topological polar surface area (TPSA) is 63.0 Å². The predicted molar refractivity (Wildman–Crippen MR) is 49.2 cm³/mol. The molecule has 1 heterocycles. The van der Waals surface area contributed by atoms with E-state index < -0.39 is 11.9 Å². The van der Waals surface area contributed by atoms with E-state index in [1.54, 1.807) is 13.0 Å². The molecule has 0 bridgehead atoms. The molecule has 4 nitrogen and oxygen atoms in total. The fourth-order valence-corrected chi connectivity index (χ4v) is 1.02. The molecule has 0 spiro atoms. The minimum atomic E-state index is -0.804. The lowest BCUT2D eigenvalue weighted by Gasteiger charge is -2.02. The highest BCUT2D eigenvalue weighted by atomic mass is 19.1. The quantitative estimate of drug-likeness (QED) is 0.553. The van der Waals surface area contributed by atoms with Crippen molar-refractivity contribution in [2.24, 2.45) is 0 Å². The summed E-state index contributed by atoms with van der Waals surface area (Å²) in [7, 11) is 0. The summed E-state index contributed by atoms with van der Waals surface area (Å²) in [5.41, 5.74) is 0.118. The maximum atomic E-state index is 13.2. The summed E-state index contributed by atoms with van der Waals surface area (Å²) in [5, 5.41) is 8.45. The average molecular weight is 208 g/mol. The van der Waals surface area contributed by atoms with Crippen molar-refractivity contribution in [2.75, 3.05) is 6.61 Å². The van der Waals surface area contributed by atoms with Crippen LogP contribution in [-0.4, -0.2) is 17.6 Å². The molecule has 1 aromatic rings. The first-order valence-electron chi connectivity index (χ1n) is 4.38. The minimum absolute atomic E-state index is 0.0138. The molecule has 0 fully saturated rings. The van der Waals surface area contributed by atoms with Crippen LogP contribution in [0.1, 0.15) is 18.2 Å². The molecule has 0 aliphatic heterocycles. The van der Waals surface area contributed by atoms with Gasteiger partial charge in [0.05, 0.1) is 13.0 Å². The van der Waals surface area contributed by atoms with Crippen LogP contribution in [0.4, 0.5) is 4.39 Å². The van der Waals surface area contributed by atoms with E-state index in [9.17, 15) is 9.18 Å². The summed E-state index contributed by atoms with van der Waals surface area (Å²) in [6, 6.07) is 4.42. The fraction of sp³-hybridized carbons (Fsp3) is 0.300. The van der Waals surface area contributed by atoms with Gasteiger partial charge >= 0.3 is 5.97 Å². The third kappa shape index (κ3) is 3.02. The Kier molecular flexibility index (Phi) is 3.75. The Hall–Kier alpha value is -1.96. The summed E-state index contributed by atoms with van der Waals surface area (Å²) in [5.74, 6) is -1.31. The second-order valence-electron chi connectivity index (χ2n) is 2.74. The van der Waals surface area contributed by atoms with E-state index in [1.165, 1.54) is 12.1 Å². The number of halogens is 1. The molecule has 1 rings (SSSR count). The highest BCUT2D eigenvalue weighted by Crippen LogP contribution is 2.07. The van der Waals surface area contributed by atoms with Crippen molar-refractivity contribution in [2.45, 2.75) is 13.3 Å². The van der Waals surface area contributed by atoms with E-state index in [1.807, 2.05) is 0 Å². The standard InChI is InChI=1S/C10H9FN2O2/c1-2-15-9(14)5-7-3-4-8(6-12)13-10(7)11/h3-4H,2,5H2,1H3. The third-order valence-corrected chi connectivity index (χ3v) is 1.68. The predicted octanol–water partition coefficient (Wildman–Crippen LogP) is 1.20. The number of carbonyl (C=O) groups is 1. The van der Waals surface area contributed by atoms with Gasteiger partial charge in [0, 0.05) is 5.56 Å². The maximum Gasteiger partial charge on any atom is 0.310 e. The summed E-state index contributed by atoms with van der Waals surface area (Å²) < 4.78 is 17.8. The van der Waals surface area contributed by atoms with Crippen molar-refractivity contribution < 1.29 is 13.9 Å². The number of carbonyl (C=O) groups excluding carboxylic acids is 1. The van der Waals surface area contributed by atoms with Crippen LogP contribution in [0.5, 0.6) is 0 Å². The van der Waals surface area contributed by atoms with Crippen molar-refractivity contribution in [1.29, 1.82) is 5.26 Å². The van der Waals surface area contributed by atoms with Gasteiger partial charge in [-0.15, -0.1) is 0 Å². The molecule has 0 aliphatic carbocycles.